The summed E-state index contributed by atoms with van der Waals surface area (Å²) in [6.07, 6.45) is 4.69. The van der Waals surface area contributed by atoms with Crippen molar-refractivity contribution in [2.45, 2.75) is 65.5 Å². The van der Waals surface area contributed by atoms with Gasteiger partial charge in [0.1, 0.15) is 0 Å². The Morgan fingerprint density at radius 1 is 1.12 bits per heavy atom. The van der Waals surface area contributed by atoms with E-state index in [0.717, 1.165) is 24.7 Å². The first kappa shape index (κ1) is 14.5. The number of hydrogen-bond acceptors (Lipinski definition) is 2. The predicted octanol–water partition coefficient (Wildman–Crippen LogP) is 2.30. The number of nitrogens with two attached hydrogens (primary N) is 1. The van der Waals surface area contributed by atoms with Gasteiger partial charge in [0, 0.05) is 6.04 Å². The first-order valence-corrected chi connectivity index (χ1v) is 6.97. The number of hydrogen-bond donors (Lipinski definition) is 2. The van der Waals surface area contributed by atoms with Crippen molar-refractivity contribution in [2.75, 3.05) is 0 Å². The molecule has 1 atom stereocenters. The molecular formula is C14H28N2O. The van der Waals surface area contributed by atoms with Gasteiger partial charge in [0.25, 0.3) is 0 Å². The van der Waals surface area contributed by atoms with Gasteiger partial charge in [-0.3, -0.25) is 4.79 Å². The van der Waals surface area contributed by atoms with Crippen LogP contribution in [0.5, 0.6) is 0 Å². The van der Waals surface area contributed by atoms with Gasteiger partial charge >= 0.3 is 0 Å². The fourth-order valence-electron chi connectivity index (χ4n) is 2.53. The van der Waals surface area contributed by atoms with Gasteiger partial charge in [-0.15, -0.1) is 0 Å². The second kappa shape index (κ2) is 6.39. The highest BCUT2D eigenvalue weighted by atomic mass is 16.2. The molecule has 0 spiro atoms. The summed E-state index contributed by atoms with van der Waals surface area (Å²) in [5.41, 5.74) is 5.84. The number of amides is 1. The van der Waals surface area contributed by atoms with Crippen LogP contribution in [0.15, 0.2) is 0 Å². The van der Waals surface area contributed by atoms with Gasteiger partial charge in [0.05, 0.1) is 6.04 Å². The van der Waals surface area contributed by atoms with Crippen molar-refractivity contribution in [1.29, 1.82) is 0 Å². The predicted molar refractivity (Wildman–Crippen MR) is 71.5 cm³/mol. The average Bonchev–Trinajstić information content (AvgIpc) is 2.28. The topological polar surface area (TPSA) is 55.1 Å². The van der Waals surface area contributed by atoms with Crippen LogP contribution in [0.25, 0.3) is 0 Å². The second-order valence-corrected chi connectivity index (χ2v) is 6.13. The monoisotopic (exact) mass is 240 g/mol. The lowest BCUT2D eigenvalue weighted by molar-refractivity contribution is -0.124. The van der Waals surface area contributed by atoms with E-state index in [1.807, 2.05) is 13.8 Å². The van der Waals surface area contributed by atoms with Crippen LogP contribution in [0.2, 0.25) is 0 Å². The molecule has 3 N–H and O–H groups in total. The minimum Gasteiger partial charge on any atom is -0.352 e. The van der Waals surface area contributed by atoms with E-state index in [2.05, 4.69) is 19.2 Å². The van der Waals surface area contributed by atoms with Crippen molar-refractivity contribution in [2.24, 2.45) is 23.5 Å². The molecule has 1 saturated carbocycles. The van der Waals surface area contributed by atoms with Crippen molar-refractivity contribution < 1.29 is 4.79 Å². The molecule has 1 aliphatic carbocycles. The molecule has 1 aliphatic rings. The molecule has 1 amide bonds. The summed E-state index contributed by atoms with van der Waals surface area (Å²) in [5, 5.41) is 3.10. The van der Waals surface area contributed by atoms with Gasteiger partial charge in [0.15, 0.2) is 0 Å². The van der Waals surface area contributed by atoms with Crippen molar-refractivity contribution in [3.8, 4) is 0 Å². The summed E-state index contributed by atoms with van der Waals surface area (Å²) >= 11 is 0. The Morgan fingerprint density at radius 2 is 1.65 bits per heavy atom. The van der Waals surface area contributed by atoms with E-state index in [0.29, 0.717) is 6.04 Å². The Balaban J connectivity index is 2.33. The zero-order valence-electron chi connectivity index (χ0n) is 11.7. The van der Waals surface area contributed by atoms with Crippen molar-refractivity contribution in [3.05, 3.63) is 0 Å². The number of rotatable bonds is 4. The Hall–Kier alpha value is -0.570. The summed E-state index contributed by atoms with van der Waals surface area (Å²) in [6.45, 7) is 8.55. The van der Waals surface area contributed by atoms with Crippen LogP contribution < -0.4 is 11.1 Å². The van der Waals surface area contributed by atoms with Crippen LogP contribution in [-0.2, 0) is 4.79 Å². The van der Waals surface area contributed by atoms with E-state index < -0.39 is 0 Å². The third-order valence-electron chi connectivity index (χ3n) is 4.08. The fourth-order valence-corrected chi connectivity index (χ4v) is 2.53. The molecule has 0 radical (unpaired) electrons. The third-order valence-corrected chi connectivity index (χ3v) is 4.08. The molecule has 3 heteroatoms. The number of carbonyl (C=O) groups is 1. The first-order chi connectivity index (χ1) is 7.91. The van der Waals surface area contributed by atoms with Crippen LogP contribution in [-0.4, -0.2) is 18.0 Å². The second-order valence-electron chi connectivity index (χ2n) is 6.13. The highest BCUT2D eigenvalue weighted by Crippen LogP contribution is 2.29. The zero-order chi connectivity index (χ0) is 13.0. The van der Waals surface area contributed by atoms with Gasteiger partial charge in [-0.25, -0.2) is 0 Å². The first-order valence-electron chi connectivity index (χ1n) is 6.97. The molecule has 0 unspecified atom stereocenters. The van der Waals surface area contributed by atoms with Crippen molar-refractivity contribution in [1.82, 2.24) is 5.32 Å². The average molecular weight is 240 g/mol. The standard InChI is InChI=1S/C14H28N2O/c1-9(2)11-5-7-12(8-6-11)16-14(17)13(15)10(3)4/h9-13H,5-8,15H2,1-4H3,(H,16,17)/t11-,12-,13-/m0/s1. The largest absolute Gasteiger partial charge is 0.352 e. The smallest absolute Gasteiger partial charge is 0.237 e. The molecule has 0 saturated heterocycles. The zero-order valence-corrected chi connectivity index (χ0v) is 11.7. The summed E-state index contributed by atoms with van der Waals surface area (Å²) in [5.74, 6) is 1.83. The minimum absolute atomic E-state index is 0.0213. The van der Waals surface area contributed by atoms with Crippen molar-refractivity contribution >= 4 is 5.91 Å². The third kappa shape index (κ3) is 4.30. The quantitative estimate of drug-likeness (QED) is 0.792. The maximum Gasteiger partial charge on any atom is 0.237 e. The molecule has 0 bridgehead atoms. The SMILES string of the molecule is CC(C)[C@H](N)C(=O)N[C@H]1CC[C@H](C(C)C)CC1. The van der Waals surface area contributed by atoms with Gasteiger partial charge in [0.2, 0.25) is 5.91 Å². The Labute approximate surface area is 106 Å². The van der Waals surface area contributed by atoms with Gasteiger partial charge < -0.3 is 11.1 Å². The van der Waals surface area contributed by atoms with Gasteiger partial charge in [-0.2, -0.15) is 0 Å². The number of carbonyl (C=O) groups excluding carboxylic acids is 1. The van der Waals surface area contributed by atoms with E-state index in [4.69, 9.17) is 5.73 Å². The van der Waals surface area contributed by atoms with E-state index in [1.165, 1.54) is 12.8 Å². The van der Waals surface area contributed by atoms with Crippen LogP contribution in [0, 0.1) is 17.8 Å². The van der Waals surface area contributed by atoms with Crippen LogP contribution in [0.4, 0.5) is 0 Å². The molecule has 0 aromatic heterocycles. The summed E-state index contributed by atoms with van der Waals surface area (Å²) < 4.78 is 0. The summed E-state index contributed by atoms with van der Waals surface area (Å²) in [6, 6.07) is -0.0138. The highest BCUT2D eigenvalue weighted by molar-refractivity contribution is 5.82. The van der Waals surface area contributed by atoms with Crippen molar-refractivity contribution in [3.63, 3.8) is 0 Å². The van der Waals surface area contributed by atoms with Crippen LogP contribution in [0.1, 0.15) is 53.4 Å². The molecule has 1 fully saturated rings. The lowest BCUT2D eigenvalue weighted by Gasteiger charge is -2.32. The minimum atomic E-state index is -0.363. The maximum atomic E-state index is 11.8. The molecular weight excluding hydrogens is 212 g/mol. The summed E-state index contributed by atoms with van der Waals surface area (Å²) in [4.78, 5) is 11.8. The molecule has 17 heavy (non-hydrogen) atoms. The van der Waals surface area contributed by atoms with E-state index in [-0.39, 0.29) is 17.9 Å². The maximum absolute atomic E-state index is 11.8. The molecule has 1 rings (SSSR count). The van der Waals surface area contributed by atoms with Crippen LogP contribution >= 0.6 is 0 Å². The Morgan fingerprint density at radius 3 is 2.06 bits per heavy atom. The Kier molecular flexibility index (Phi) is 5.44. The molecule has 100 valence electrons. The highest BCUT2D eigenvalue weighted by Gasteiger charge is 2.26. The lowest BCUT2D eigenvalue weighted by atomic mass is 9.79. The normalized spacial score (nSPS) is 27.2. The number of nitrogens with one attached hydrogen (secondary N) is 1. The molecule has 0 aromatic carbocycles. The molecule has 0 heterocycles. The van der Waals surface area contributed by atoms with Gasteiger partial charge in [-0.1, -0.05) is 27.7 Å². The van der Waals surface area contributed by atoms with E-state index >= 15 is 0 Å². The molecule has 3 nitrogen and oxygen atoms in total. The Bertz CT molecular complexity index is 243. The summed E-state index contributed by atoms with van der Waals surface area (Å²) in [7, 11) is 0. The van der Waals surface area contributed by atoms with Gasteiger partial charge in [-0.05, 0) is 43.4 Å². The lowest BCUT2D eigenvalue weighted by Crippen LogP contribution is -2.48. The van der Waals surface area contributed by atoms with E-state index in [1.54, 1.807) is 0 Å². The fraction of sp³-hybridized carbons (Fsp3) is 0.929. The van der Waals surface area contributed by atoms with Crippen LogP contribution in [0.3, 0.4) is 0 Å². The molecule has 0 aromatic rings. The van der Waals surface area contributed by atoms with E-state index in [9.17, 15) is 4.79 Å². The molecule has 0 aliphatic heterocycles.